The minimum Gasteiger partial charge on any atom is -0.496 e. The molecule has 5 nitrogen and oxygen atoms in total. The van der Waals surface area contributed by atoms with Crippen LogP contribution in [0, 0.1) is 5.92 Å². The van der Waals surface area contributed by atoms with Gasteiger partial charge in [-0.25, -0.2) is 0 Å². The van der Waals surface area contributed by atoms with Crippen molar-refractivity contribution in [2.45, 2.75) is 39.2 Å². The average Bonchev–Trinajstić information content (AvgIpc) is 2.99. The molecular weight excluding hydrogens is 292 g/mol. The molecule has 1 fully saturated rings. The van der Waals surface area contributed by atoms with Gasteiger partial charge in [0.2, 0.25) is 5.91 Å². The molecule has 0 aliphatic carbocycles. The van der Waals surface area contributed by atoms with Crippen LogP contribution in [0.1, 0.15) is 43.5 Å². The first kappa shape index (κ1) is 17.3. The molecule has 2 rings (SSSR count). The second kappa shape index (κ2) is 7.99. The van der Waals surface area contributed by atoms with Gasteiger partial charge in [0.25, 0.3) is 5.91 Å². The van der Waals surface area contributed by atoms with Crippen molar-refractivity contribution < 1.29 is 14.3 Å². The number of rotatable bonds is 6. The van der Waals surface area contributed by atoms with Crippen molar-refractivity contribution in [2.24, 2.45) is 5.92 Å². The lowest BCUT2D eigenvalue weighted by atomic mass is 10.0. The van der Waals surface area contributed by atoms with Gasteiger partial charge in [-0.3, -0.25) is 9.59 Å². The van der Waals surface area contributed by atoms with Crippen molar-refractivity contribution in [3.05, 3.63) is 29.8 Å². The van der Waals surface area contributed by atoms with Crippen LogP contribution in [-0.4, -0.2) is 43.0 Å². The zero-order valence-corrected chi connectivity index (χ0v) is 14.2. The number of carbonyl (C=O) groups excluding carboxylic acids is 2. The second-order valence-corrected chi connectivity index (χ2v) is 6.40. The van der Waals surface area contributed by atoms with Crippen molar-refractivity contribution in [3.8, 4) is 5.75 Å². The first-order valence-corrected chi connectivity index (χ1v) is 8.23. The van der Waals surface area contributed by atoms with E-state index in [-0.39, 0.29) is 18.4 Å². The van der Waals surface area contributed by atoms with E-state index in [1.807, 2.05) is 11.0 Å². The van der Waals surface area contributed by atoms with Crippen LogP contribution < -0.4 is 10.1 Å². The molecule has 1 atom stereocenters. The van der Waals surface area contributed by atoms with Crippen molar-refractivity contribution >= 4 is 11.8 Å². The van der Waals surface area contributed by atoms with Gasteiger partial charge in [-0.2, -0.15) is 0 Å². The van der Waals surface area contributed by atoms with Crippen LogP contribution >= 0.6 is 0 Å². The van der Waals surface area contributed by atoms with Crippen molar-refractivity contribution in [3.63, 3.8) is 0 Å². The van der Waals surface area contributed by atoms with Gasteiger partial charge in [0.15, 0.2) is 0 Å². The molecule has 0 unspecified atom stereocenters. The Morgan fingerprint density at radius 3 is 2.78 bits per heavy atom. The lowest BCUT2D eigenvalue weighted by Gasteiger charge is -2.26. The molecule has 126 valence electrons. The highest BCUT2D eigenvalue weighted by Crippen LogP contribution is 2.23. The second-order valence-electron chi connectivity index (χ2n) is 6.40. The van der Waals surface area contributed by atoms with Crippen LogP contribution in [0.4, 0.5) is 0 Å². The number of hydrogen-bond acceptors (Lipinski definition) is 3. The molecule has 1 aromatic rings. The van der Waals surface area contributed by atoms with Gasteiger partial charge in [-0.05, 0) is 37.3 Å². The van der Waals surface area contributed by atoms with Crippen LogP contribution in [0.25, 0.3) is 0 Å². The summed E-state index contributed by atoms with van der Waals surface area (Å²) in [5.41, 5.74) is 0.447. The summed E-state index contributed by atoms with van der Waals surface area (Å²) < 4.78 is 5.18. The van der Waals surface area contributed by atoms with Crippen LogP contribution in [0.5, 0.6) is 5.75 Å². The molecule has 0 saturated carbocycles. The number of amides is 2. The van der Waals surface area contributed by atoms with Gasteiger partial charge in [-0.1, -0.05) is 26.0 Å². The van der Waals surface area contributed by atoms with Crippen molar-refractivity contribution in [2.75, 3.05) is 20.2 Å². The predicted octanol–water partition coefficient (Wildman–Crippen LogP) is 2.46. The van der Waals surface area contributed by atoms with E-state index in [4.69, 9.17) is 4.74 Å². The van der Waals surface area contributed by atoms with Crippen LogP contribution in [0.15, 0.2) is 24.3 Å². The fourth-order valence-electron chi connectivity index (χ4n) is 3.14. The highest BCUT2D eigenvalue weighted by molar-refractivity contribution is 5.98. The molecule has 2 amide bonds. The van der Waals surface area contributed by atoms with E-state index < -0.39 is 0 Å². The smallest absolute Gasteiger partial charge is 0.255 e. The van der Waals surface area contributed by atoms with E-state index in [0.29, 0.717) is 23.3 Å². The molecule has 0 radical (unpaired) electrons. The fraction of sp³-hybridized carbons (Fsp3) is 0.556. The highest BCUT2D eigenvalue weighted by atomic mass is 16.5. The minimum atomic E-state index is -0.282. The number of para-hydroxylation sites is 1. The van der Waals surface area contributed by atoms with E-state index >= 15 is 0 Å². The fourth-order valence-corrected chi connectivity index (χ4v) is 3.14. The minimum absolute atomic E-state index is 0.00334. The summed E-state index contributed by atoms with van der Waals surface area (Å²) in [6, 6.07) is 7.32. The molecule has 0 spiro atoms. The largest absolute Gasteiger partial charge is 0.496 e. The Bertz CT molecular complexity index is 557. The van der Waals surface area contributed by atoms with E-state index in [1.165, 1.54) is 7.11 Å². The summed E-state index contributed by atoms with van der Waals surface area (Å²) in [4.78, 5) is 26.6. The molecule has 0 bridgehead atoms. The van der Waals surface area contributed by atoms with E-state index in [0.717, 1.165) is 25.8 Å². The summed E-state index contributed by atoms with van der Waals surface area (Å²) in [5.74, 6) is 0.791. The molecule has 1 heterocycles. The van der Waals surface area contributed by atoms with Crippen LogP contribution in [-0.2, 0) is 4.79 Å². The number of nitrogens with zero attached hydrogens (tertiary/aromatic N) is 1. The quantitative estimate of drug-likeness (QED) is 0.876. The number of benzene rings is 1. The lowest BCUT2D eigenvalue weighted by Crippen LogP contribution is -2.43. The molecule has 1 aliphatic rings. The van der Waals surface area contributed by atoms with Gasteiger partial charge < -0.3 is 15.0 Å². The normalized spacial score (nSPS) is 17.4. The summed E-state index contributed by atoms with van der Waals surface area (Å²) in [6.45, 7) is 5.17. The first-order valence-electron chi connectivity index (χ1n) is 8.23. The Morgan fingerprint density at radius 2 is 2.09 bits per heavy atom. The predicted molar refractivity (Wildman–Crippen MR) is 89.5 cm³/mol. The maximum atomic E-state index is 12.4. The Balaban J connectivity index is 1.92. The number of carbonyl (C=O) groups is 2. The Kier molecular flexibility index (Phi) is 6.02. The summed E-state index contributed by atoms with van der Waals surface area (Å²) in [5, 5.41) is 2.71. The van der Waals surface area contributed by atoms with E-state index in [2.05, 4.69) is 19.2 Å². The number of nitrogens with one attached hydrogen (secondary N) is 1. The monoisotopic (exact) mass is 318 g/mol. The zero-order valence-electron chi connectivity index (χ0n) is 14.2. The van der Waals surface area contributed by atoms with Crippen molar-refractivity contribution in [1.29, 1.82) is 0 Å². The van der Waals surface area contributed by atoms with Gasteiger partial charge >= 0.3 is 0 Å². The highest BCUT2D eigenvalue weighted by Gasteiger charge is 2.29. The summed E-state index contributed by atoms with van der Waals surface area (Å²) in [7, 11) is 1.53. The Hall–Kier alpha value is -2.04. The molecule has 5 heteroatoms. The summed E-state index contributed by atoms with van der Waals surface area (Å²) in [6.07, 6.45) is 3.13. The number of ether oxygens (including phenoxy) is 1. The molecule has 23 heavy (non-hydrogen) atoms. The summed E-state index contributed by atoms with van der Waals surface area (Å²) >= 11 is 0. The van der Waals surface area contributed by atoms with Crippen molar-refractivity contribution in [1.82, 2.24) is 10.2 Å². The third kappa shape index (κ3) is 4.47. The molecule has 1 N–H and O–H groups in total. The van der Waals surface area contributed by atoms with Gasteiger partial charge in [0.1, 0.15) is 5.75 Å². The third-order valence-electron chi connectivity index (χ3n) is 4.19. The lowest BCUT2D eigenvalue weighted by molar-refractivity contribution is -0.131. The van der Waals surface area contributed by atoms with E-state index in [9.17, 15) is 9.59 Å². The molecule has 1 aromatic carbocycles. The topological polar surface area (TPSA) is 58.6 Å². The Labute approximate surface area is 138 Å². The Morgan fingerprint density at radius 1 is 1.35 bits per heavy atom. The first-order chi connectivity index (χ1) is 11.0. The number of methoxy groups -OCH3 is 1. The van der Waals surface area contributed by atoms with E-state index in [1.54, 1.807) is 18.2 Å². The molecule has 1 saturated heterocycles. The number of hydrogen-bond donors (Lipinski definition) is 1. The number of likely N-dealkylation sites (tertiary alicyclic amines) is 1. The van der Waals surface area contributed by atoms with Gasteiger partial charge in [0.05, 0.1) is 19.2 Å². The van der Waals surface area contributed by atoms with Crippen LogP contribution in [0.3, 0.4) is 0 Å². The SMILES string of the molecule is COc1ccccc1C(=O)NCC(=O)N1CCC[C@H]1CC(C)C. The molecule has 0 aromatic heterocycles. The van der Waals surface area contributed by atoms with Gasteiger partial charge in [-0.15, -0.1) is 0 Å². The average molecular weight is 318 g/mol. The maximum absolute atomic E-state index is 12.4. The maximum Gasteiger partial charge on any atom is 0.255 e. The van der Waals surface area contributed by atoms with Gasteiger partial charge in [0, 0.05) is 12.6 Å². The molecular formula is C18H26N2O3. The third-order valence-corrected chi connectivity index (χ3v) is 4.19. The van der Waals surface area contributed by atoms with Crippen LogP contribution in [0.2, 0.25) is 0 Å². The zero-order chi connectivity index (χ0) is 16.8. The molecule has 1 aliphatic heterocycles. The standard InChI is InChI=1S/C18H26N2O3/c1-13(2)11-14-7-6-10-20(14)17(21)12-19-18(22)15-8-4-5-9-16(15)23-3/h4-5,8-9,13-14H,6-7,10-12H2,1-3H3,(H,19,22)/t14-/m0/s1.